The fourth-order valence-electron chi connectivity index (χ4n) is 1.82. The van der Waals surface area contributed by atoms with Gasteiger partial charge in [0.2, 0.25) is 0 Å². The van der Waals surface area contributed by atoms with Gasteiger partial charge in [-0.15, -0.1) is 0 Å². The van der Waals surface area contributed by atoms with Crippen LogP contribution < -0.4 is 5.32 Å². The van der Waals surface area contributed by atoms with Crippen LogP contribution in [-0.2, 0) is 17.8 Å². The van der Waals surface area contributed by atoms with E-state index in [9.17, 15) is 0 Å². The first kappa shape index (κ1) is 14.0. The maximum atomic E-state index is 5.49. The van der Waals surface area contributed by atoms with Crippen molar-refractivity contribution in [3.05, 3.63) is 29.3 Å². The van der Waals surface area contributed by atoms with Crippen molar-refractivity contribution in [1.29, 1.82) is 0 Å². The Hall–Kier alpha value is -1.02. The third-order valence-electron chi connectivity index (χ3n) is 2.53. The Balaban J connectivity index is 0.000000437. The average Bonchev–Trinajstić information content (AvgIpc) is 2.55. The van der Waals surface area contributed by atoms with Gasteiger partial charge in [0.25, 0.3) is 0 Å². The van der Waals surface area contributed by atoms with Crippen LogP contribution in [0.2, 0.25) is 0 Å². The molecule has 0 fully saturated rings. The van der Waals surface area contributed by atoms with Gasteiger partial charge in [0.05, 0.1) is 13.2 Å². The van der Waals surface area contributed by atoms with Gasteiger partial charge in [-0.05, 0) is 18.1 Å². The molecule has 1 aliphatic heterocycles. The number of nitrogens with one attached hydrogen (secondary N) is 1. The van der Waals surface area contributed by atoms with Crippen LogP contribution in [0.15, 0.2) is 18.2 Å². The molecule has 0 radical (unpaired) electrons. The Kier molecular flexibility index (Phi) is 6.71. The molecule has 1 aliphatic rings. The Morgan fingerprint density at radius 3 is 2.71 bits per heavy atom. The molecule has 17 heavy (non-hydrogen) atoms. The standard InChI is InChI=1S/C12H17NO.C3H8/c1-2-3-10-4-5-12-11(8-10)9-14-7-6-13-12;1-3-2/h4-5,8,13H,2-3,6-7,9H2,1H3;3H2,1-2H3. The molecule has 0 bridgehead atoms. The highest BCUT2D eigenvalue weighted by molar-refractivity contribution is 5.53. The van der Waals surface area contributed by atoms with Crippen LogP contribution in [0.4, 0.5) is 5.69 Å². The summed E-state index contributed by atoms with van der Waals surface area (Å²) < 4.78 is 5.49. The summed E-state index contributed by atoms with van der Waals surface area (Å²) in [6.07, 6.45) is 3.61. The van der Waals surface area contributed by atoms with Gasteiger partial charge >= 0.3 is 0 Å². The fourth-order valence-corrected chi connectivity index (χ4v) is 1.82. The number of hydrogen-bond acceptors (Lipinski definition) is 2. The molecule has 2 rings (SSSR count). The lowest BCUT2D eigenvalue weighted by atomic mass is 10.1. The summed E-state index contributed by atoms with van der Waals surface area (Å²) in [7, 11) is 0. The molecule has 1 heterocycles. The van der Waals surface area contributed by atoms with E-state index in [-0.39, 0.29) is 0 Å². The summed E-state index contributed by atoms with van der Waals surface area (Å²) in [6.45, 7) is 8.93. The number of ether oxygens (including phenoxy) is 1. The van der Waals surface area contributed by atoms with E-state index in [2.05, 4.69) is 44.3 Å². The molecule has 96 valence electrons. The molecule has 0 unspecified atom stereocenters. The number of fused-ring (bicyclic) bond motifs is 1. The van der Waals surface area contributed by atoms with Crippen LogP contribution in [-0.4, -0.2) is 13.2 Å². The van der Waals surface area contributed by atoms with Crippen molar-refractivity contribution >= 4 is 5.69 Å². The minimum Gasteiger partial charge on any atom is -0.382 e. The van der Waals surface area contributed by atoms with Crippen molar-refractivity contribution in [3.63, 3.8) is 0 Å². The van der Waals surface area contributed by atoms with Crippen LogP contribution >= 0.6 is 0 Å². The van der Waals surface area contributed by atoms with Crippen molar-refractivity contribution in [1.82, 2.24) is 0 Å². The smallest absolute Gasteiger partial charge is 0.0737 e. The van der Waals surface area contributed by atoms with Gasteiger partial charge in [0, 0.05) is 17.8 Å². The maximum absolute atomic E-state index is 5.49. The lowest BCUT2D eigenvalue weighted by molar-refractivity contribution is 0.134. The topological polar surface area (TPSA) is 21.3 Å². The number of benzene rings is 1. The van der Waals surface area contributed by atoms with Gasteiger partial charge in [-0.2, -0.15) is 0 Å². The molecule has 1 N–H and O–H groups in total. The number of rotatable bonds is 2. The third kappa shape index (κ3) is 4.78. The van der Waals surface area contributed by atoms with E-state index in [1.54, 1.807) is 0 Å². The zero-order valence-electron chi connectivity index (χ0n) is 11.4. The largest absolute Gasteiger partial charge is 0.382 e. The predicted molar refractivity (Wildman–Crippen MR) is 74.5 cm³/mol. The predicted octanol–water partition coefficient (Wildman–Crippen LogP) is 4.00. The van der Waals surface area contributed by atoms with Crippen molar-refractivity contribution in [3.8, 4) is 0 Å². The Morgan fingerprint density at radius 1 is 1.24 bits per heavy atom. The van der Waals surface area contributed by atoms with E-state index < -0.39 is 0 Å². The lowest BCUT2D eigenvalue weighted by Crippen LogP contribution is -2.04. The quantitative estimate of drug-likeness (QED) is 0.836. The van der Waals surface area contributed by atoms with Crippen molar-refractivity contribution in [2.45, 2.75) is 46.6 Å². The Morgan fingerprint density at radius 2 is 2.00 bits per heavy atom. The molecule has 0 amide bonds. The normalized spacial score (nSPS) is 13.8. The van der Waals surface area contributed by atoms with Crippen LogP contribution in [0.5, 0.6) is 0 Å². The number of aryl methyl sites for hydroxylation is 1. The average molecular weight is 235 g/mol. The second-order valence-electron chi connectivity index (χ2n) is 4.43. The molecule has 2 nitrogen and oxygen atoms in total. The van der Waals surface area contributed by atoms with Gasteiger partial charge < -0.3 is 10.1 Å². The molecular formula is C15H25NO. The van der Waals surface area contributed by atoms with Crippen LogP contribution in [0.1, 0.15) is 44.7 Å². The number of hydrogen-bond donors (Lipinski definition) is 1. The Bertz CT molecular complexity index is 323. The van der Waals surface area contributed by atoms with E-state index >= 15 is 0 Å². The second-order valence-corrected chi connectivity index (χ2v) is 4.43. The zero-order chi connectivity index (χ0) is 12.5. The van der Waals surface area contributed by atoms with Crippen LogP contribution in [0.25, 0.3) is 0 Å². The van der Waals surface area contributed by atoms with Crippen molar-refractivity contribution < 1.29 is 4.74 Å². The highest BCUT2D eigenvalue weighted by atomic mass is 16.5. The van der Waals surface area contributed by atoms with Gasteiger partial charge in [-0.1, -0.05) is 45.7 Å². The molecule has 0 saturated heterocycles. The molecule has 1 aromatic rings. The molecule has 0 saturated carbocycles. The van der Waals surface area contributed by atoms with Crippen LogP contribution in [0.3, 0.4) is 0 Å². The highest BCUT2D eigenvalue weighted by Gasteiger charge is 2.07. The zero-order valence-corrected chi connectivity index (χ0v) is 11.4. The minimum atomic E-state index is 0.750. The molecule has 0 atom stereocenters. The molecule has 0 aliphatic carbocycles. The summed E-state index contributed by atoms with van der Waals surface area (Å²) in [4.78, 5) is 0. The van der Waals surface area contributed by atoms with Gasteiger partial charge in [0.15, 0.2) is 0 Å². The first-order valence-corrected chi connectivity index (χ1v) is 6.75. The van der Waals surface area contributed by atoms with E-state index in [0.717, 1.165) is 26.2 Å². The third-order valence-corrected chi connectivity index (χ3v) is 2.53. The van der Waals surface area contributed by atoms with Crippen LogP contribution in [0, 0.1) is 0 Å². The van der Waals surface area contributed by atoms with Gasteiger partial charge in [-0.3, -0.25) is 0 Å². The summed E-state index contributed by atoms with van der Waals surface area (Å²) in [5.74, 6) is 0. The monoisotopic (exact) mass is 235 g/mol. The van der Waals surface area contributed by atoms with E-state index in [1.165, 1.54) is 29.7 Å². The highest BCUT2D eigenvalue weighted by Crippen LogP contribution is 2.21. The SMILES string of the molecule is CCC.CCCc1ccc2c(c1)COCCN2. The lowest BCUT2D eigenvalue weighted by Gasteiger charge is -2.08. The van der Waals surface area contributed by atoms with Crippen molar-refractivity contribution in [2.75, 3.05) is 18.5 Å². The molecular weight excluding hydrogens is 210 g/mol. The first-order valence-electron chi connectivity index (χ1n) is 6.75. The summed E-state index contributed by atoms with van der Waals surface area (Å²) in [6, 6.07) is 6.65. The summed E-state index contributed by atoms with van der Waals surface area (Å²) >= 11 is 0. The van der Waals surface area contributed by atoms with Crippen molar-refractivity contribution in [2.24, 2.45) is 0 Å². The number of anilines is 1. The van der Waals surface area contributed by atoms with E-state index in [0.29, 0.717) is 0 Å². The van der Waals surface area contributed by atoms with Gasteiger partial charge in [-0.25, -0.2) is 0 Å². The molecule has 1 aromatic carbocycles. The minimum absolute atomic E-state index is 0.750. The molecule has 2 heteroatoms. The summed E-state index contributed by atoms with van der Waals surface area (Å²) in [5, 5.41) is 3.37. The first-order chi connectivity index (χ1) is 8.31. The summed E-state index contributed by atoms with van der Waals surface area (Å²) in [5.41, 5.74) is 3.95. The Labute approximate surface area is 105 Å². The molecule has 0 spiro atoms. The van der Waals surface area contributed by atoms with E-state index in [4.69, 9.17) is 4.74 Å². The fraction of sp³-hybridized carbons (Fsp3) is 0.600. The van der Waals surface area contributed by atoms with E-state index in [1.807, 2.05) is 0 Å². The maximum Gasteiger partial charge on any atom is 0.0737 e. The molecule has 0 aromatic heterocycles. The van der Waals surface area contributed by atoms with Gasteiger partial charge in [0.1, 0.15) is 0 Å². The second kappa shape index (κ2) is 8.13.